The fourth-order valence-corrected chi connectivity index (χ4v) is 1.98. The number of halogens is 2. The zero-order chi connectivity index (χ0) is 18.6. The van der Waals surface area contributed by atoms with Crippen molar-refractivity contribution in [1.29, 1.82) is 0 Å². The lowest BCUT2D eigenvalue weighted by Crippen LogP contribution is -2.41. The number of nitrogens with zero attached hydrogens (tertiary/aromatic N) is 3. The summed E-state index contributed by atoms with van der Waals surface area (Å²) in [6.45, 7) is 4.61. The van der Waals surface area contributed by atoms with Crippen LogP contribution in [0.15, 0.2) is 28.8 Å². The molecule has 0 aliphatic rings. The van der Waals surface area contributed by atoms with E-state index in [9.17, 15) is 13.6 Å². The maximum atomic E-state index is 13.1. The first-order valence-electron chi connectivity index (χ1n) is 7.64. The molecule has 2 rings (SSSR count). The van der Waals surface area contributed by atoms with Gasteiger partial charge in [-0.15, -0.1) is 0 Å². The minimum Gasteiger partial charge on any atom is -0.334 e. The van der Waals surface area contributed by atoms with Crippen LogP contribution in [0.2, 0.25) is 0 Å². The van der Waals surface area contributed by atoms with Crippen molar-refractivity contribution >= 4 is 6.03 Å². The van der Waals surface area contributed by atoms with Crippen molar-refractivity contribution in [3.63, 3.8) is 0 Å². The van der Waals surface area contributed by atoms with Crippen molar-refractivity contribution in [1.82, 2.24) is 20.5 Å². The van der Waals surface area contributed by atoms with Crippen LogP contribution in [0.25, 0.3) is 11.4 Å². The largest absolute Gasteiger partial charge is 0.341 e. The average molecular weight is 354 g/mol. The molecule has 1 heterocycles. The molecule has 2 aromatic rings. The minimum absolute atomic E-state index is 0.0170. The molecule has 0 bridgehead atoms. The summed E-state index contributed by atoms with van der Waals surface area (Å²) in [5.41, 5.74) is 1.31. The molecule has 0 aliphatic heterocycles. The first kappa shape index (κ1) is 18.8. The van der Waals surface area contributed by atoms with Gasteiger partial charge in [0.1, 0.15) is 0 Å². The molecule has 0 saturated heterocycles. The van der Waals surface area contributed by atoms with Crippen LogP contribution in [0.1, 0.15) is 32.2 Å². The summed E-state index contributed by atoms with van der Waals surface area (Å²) in [7, 11) is 1.40. The number of hydrogen-bond donors (Lipinski definition) is 1. The first-order chi connectivity index (χ1) is 11.7. The standard InChI is InChI=1S/C16H20F2N4O3/c1-10(2)19-15(23)22(24-4)9-11-5-7-12(8-6-11)13-20-14(25-21-13)16(3,17)18/h5-8,10H,9H2,1-4H3,(H,19,23). The second-order valence-corrected chi connectivity index (χ2v) is 5.83. The van der Waals surface area contributed by atoms with E-state index >= 15 is 0 Å². The Balaban J connectivity index is 2.09. The van der Waals surface area contributed by atoms with Crippen molar-refractivity contribution in [2.24, 2.45) is 0 Å². The molecule has 9 heteroatoms. The van der Waals surface area contributed by atoms with E-state index in [1.807, 2.05) is 13.8 Å². The van der Waals surface area contributed by atoms with E-state index in [2.05, 4.69) is 20.0 Å². The third-order valence-corrected chi connectivity index (χ3v) is 3.20. The molecule has 1 aromatic carbocycles. The van der Waals surface area contributed by atoms with Crippen LogP contribution >= 0.6 is 0 Å². The Morgan fingerprint density at radius 2 is 2.00 bits per heavy atom. The van der Waals surface area contributed by atoms with Gasteiger partial charge in [-0.05, 0) is 19.4 Å². The number of carbonyl (C=O) groups excluding carboxylic acids is 1. The van der Waals surface area contributed by atoms with E-state index < -0.39 is 11.8 Å². The molecule has 0 radical (unpaired) electrons. The summed E-state index contributed by atoms with van der Waals surface area (Å²) in [6, 6.07) is 6.40. The quantitative estimate of drug-likeness (QED) is 0.805. The Labute approximate surface area is 143 Å². The molecule has 1 N–H and O–H groups in total. The lowest BCUT2D eigenvalue weighted by atomic mass is 10.1. The smallest absolute Gasteiger partial charge is 0.334 e. The van der Waals surface area contributed by atoms with Gasteiger partial charge in [0.15, 0.2) is 0 Å². The molecule has 0 atom stereocenters. The average Bonchev–Trinajstić information content (AvgIpc) is 3.02. The maximum Gasteiger partial charge on any atom is 0.341 e. The highest BCUT2D eigenvalue weighted by Crippen LogP contribution is 2.27. The van der Waals surface area contributed by atoms with E-state index in [-0.39, 0.29) is 24.4 Å². The van der Waals surface area contributed by atoms with Crippen molar-refractivity contribution < 1.29 is 22.9 Å². The number of rotatable bonds is 6. The minimum atomic E-state index is -3.19. The van der Waals surface area contributed by atoms with Gasteiger partial charge < -0.3 is 9.84 Å². The van der Waals surface area contributed by atoms with Crippen LogP contribution in [0.4, 0.5) is 13.6 Å². The molecule has 7 nitrogen and oxygen atoms in total. The Hall–Kier alpha value is -2.55. The predicted molar refractivity (Wildman–Crippen MR) is 85.5 cm³/mol. The fourth-order valence-electron chi connectivity index (χ4n) is 1.98. The Kier molecular flexibility index (Phi) is 5.68. The first-order valence-corrected chi connectivity index (χ1v) is 7.64. The van der Waals surface area contributed by atoms with Crippen molar-refractivity contribution in [2.75, 3.05) is 7.11 Å². The zero-order valence-corrected chi connectivity index (χ0v) is 14.4. The van der Waals surface area contributed by atoms with E-state index in [1.165, 1.54) is 12.2 Å². The molecule has 0 fully saturated rings. The summed E-state index contributed by atoms with van der Waals surface area (Å²) >= 11 is 0. The number of aromatic nitrogens is 2. The molecule has 1 aromatic heterocycles. The van der Waals surface area contributed by atoms with Gasteiger partial charge >= 0.3 is 12.0 Å². The summed E-state index contributed by atoms with van der Waals surface area (Å²) in [6.07, 6.45) is 0. The summed E-state index contributed by atoms with van der Waals surface area (Å²) in [5.74, 6) is -3.85. The van der Waals surface area contributed by atoms with Gasteiger partial charge in [-0.3, -0.25) is 4.84 Å². The number of hydroxylamine groups is 2. The van der Waals surface area contributed by atoms with Gasteiger partial charge in [0.05, 0.1) is 13.7 Å². The van der Waals surface area contributed by atoms with Crippen LogP contribution in [-0.2, 0) is 17.3 Å². The van der Waals surface area contributed by atoms with Crippen LogP contribution in [0, 0.1) is 0 Å². The van der Waals surface area contributed by atoms with Gasteiger partial charge in [-0.1, -0.05) is 29.4 Å². The van der Waals surface area contributed by atoms with E-state index in [4.69, 9.17) is 4.84 Å². The highest BCUT2D eigenvalue weighted by atomic mass is 19.3. The number of urea groups is 1. The molecule has 136 valence electrons. The van der Waals surface area contributed by atoms with Gasteiger partial charge in [0.2, 0.25) is 5.82 Å². The van der Waals surface area contributed by atoms with Gasteiger partial charge in [0, 0.05) is 18.5 Å². The van der Waals surface area contributed by atoms with Crippen molar-refractivity contribution in [2.45, 2.75) is 39.3 Å². The van der Waals surface area contributed by atoms with Crippen LogP contribution in [-0.4, -0.2) is 34.4 Å². The van der Waals surface area contributed by atoms with Crippen LogP contribution in [0.3, 0.4) is 0 Å². The van der Waals surface area contributed by atoms with Gasteiger partial charge in [0.25, 0.3) is 5.89 Å². The molecular weight excluding hydrogens is 334 g/mol. The van der Waals surface area contributed by atoms with Gasteiger partial charge in [-0.2, -0.15) is 18.8 Å². The lowest BCUT2D eigenvalue weighted by molar-refractivity contribution is -0.0937. The van der Waals surface area contributed by atoms with Crippen LogP contribution in [0.5, 0.6) is 0 Å². The fraction of sp³-hybridized carbons (Fsp3) is 0.438. The third kappa shape index (κ3) is 4.96. The number of alkyl halides is 2. The Morgan fingerprint density at radius 1 is 1.36 bits per heavy atom. The van der Waals surface area contributed by atoms with E-state index in [0.29, 0.717) is 12.5 Å². The SMILES string of the molecule is CON(Cc1ccc(-c2noc(C(C)(F)F)n2)cc1)C(=O)NC(C)C. The second kappa shape index (κ2) is 7.56. The van der Waals surface area contributed by atoms with Crippen molar-refractivity contribution in [3.8, 4) is 11.4 Å². The Bertz CT molecular complexity index is 711. The number of carbonyl (C=O) groups is 1. The highest BCUT2D eigenvalue weighted by Gasteiger charge is 2.32. The molecule has 2 amide bonds. The number of nitrogens with one attached hydrogen (secondary N) is 1. The molecule has 25 heavy (non-hydrogen) atoms. The molecule has 0 spiro atoms. The molecule has 0 saturated carbocycles. The summed E-state index contributed by atoms with van der Waals surface area (Å²) in [5, 5.41) is 7.46. The molecule has 0 aliphatic carbocycles. The zero-order valence-electron chi connectivity index (χ0n) is 14.4. The third-order valence-electron chi connectivity index (χ3n) is 3.20. The van der Waals surface area contributed by atoms with E-state index in [0.717, 1.165) is 5.56 Å². The maximum absolute atomic E-state index is 13.1. The molecular formula is C16H20F2N4O3. The Morgan fingerprint density at radius 3 is 2.48 bits per heavy atom. The molecule has 0 unspecified atom stereocenters. The summed E-state index contributed by atoms with van der Waals surface area (Å²) < 4.78 is 30.9. The predicted octanol–water partition coefficient (Wildman–Crippen LogP) is 3.33. The lowest BCUT2D eigenvalue weighted by Gasteiger charge is -2.21. The van der Waals surface area contributed by atoms with E-state index in [1.54, 1.807) is 24.3 Å². The number of hydrogen-bond acceptors (Lipinski definition) is 5. The van der Waals surface area contributed by atoms with Crippen molar-refractivity contribution in [3.05, 3.63) is 35.7 Å². The topological polar surface area (TPSA) is 80.5 Å². The highest BCUT2D eigenvalue weighted by molar-refractivity contribution is 5.73. The van der Waals surface area contributed by atoms with Crippen LogP contribution < -0.4 is 5.32 Å². The normalized spacial score (nSPS) is 11.6. The number of amides is 2. The summed E-state index contributed by atoms with van der Waals surface area (Å²) in [4.78, 5) is 20.7. The monoisotopic (exact) mass is 354 g/mol. The number of benzene rings is 1. The second-order valence-electron chi connectivity index (χ2n) is 5.83. The van der Waals surface area contributed by atoms with Gasteiger partial charge in [-0.25, -0.2) is 4.79 Å².